The minimum atomic E-state index is 0.593. The van der Waals surface area contributed by atoms with Gasteiger partial charge in [-0.1, -0.05) is 47.9 Å². The monoisotopic (exact) mass is 380 g/mol. The molecule has 28 heavy (non-hydrogen) atoms. The standard InChI is InChI=1S/C23H13ClN4/c24-18-13-11-17(12-14-18)22-26-27-23-20(15-10-16-6-2-1-3-7-16)25-19-8-4-5-9-21(19)28(22)23/h1-9,11-14H. The minimum Gasteiger partial charge on any atom is -0.271 e. The van der Waals surface area contributed by atoms with Crippen LogP contribution in [0, 0.1) is 11.8 Å². The Kier molecular flexibility index (Phi) is 4.01. The van der Waals surface area contributed by atoms with Crippen LogP contribution in [0.25, 0.3) is 28.1 Å². The lowest BCUT2D eigenvalue weighted by Crippen LogP contribution is -1.98. The van der Waals surface area contributed by atoms with E-state index in [-0.39, 0.29) is 0 Å². The smallest absolute Gasteiger partial charge is 0.196 e. The van der Waals surface area contributed by atoms with E-state index in [1.54, 1.807) is 0 Å². The van der Waals surface area contributed by atoms with Gasteiger partial charge in [0.2, 0.25) is 0 Å². The van der Waals surface area contributed by atoms with Gasteiger partial charge in [-0.3, -0.25) is 4.40 Å². The van der Waals surface area contributed by atoms with Crippen molar-refractivity contribution in [2.75, 3.05) is 0 Å². The van der Waals surface area contributed by atoms with Gasteiger partial charge in [-0.05, 0) is 54.5 Å². The number of rotatable bonds is 1. The number of benzene rings is 3. The van der Waals surface area contributed by atoms with Gasteiger partial charge in [0, 0.05) is 16.1 Å². The van der Waals surface area contributed by atoms with Crippen LogP contribution in [0.5, 0.6) is 0 Å². The number of para-hydroxylation sites is 2. The largest absolute Gasteiger partial charge is 0.271 e. The van der Waals surface area contributed by atoms with E-state index >= 15 is 0 Å². The quantitative estimate of drug-likeness (QED) is 0.384. The molecule has 0 atom stereocenters. The SMILES string of the molecule is Clc1ccc(-c2nnc3c(C#Cc4ccccc4)nc4ccccc4n23)cc1. The highest BCUT2D eigenvalue weighted by Gasteiger charge is 2.15. The van der Waals surface area contributed by atoms with Gasteiger partial charge in [-0.15, -0.1) is 10.2 Å². The van der Waals surface area contributed by atoms with Gasteiger partial charge in [-0.2, -0.15) is 0 Å². The van der Waals surface area contributed by atoms with E-state index in [0.29, 0.717) is 16.4 Å². The van der Waals surface area contributed by atoms with Crippen LogP contribution < -0.4 is 0 Å². The zero-order valence-electron chi connectivity index (χ0n) is 14.7. The second kappa shape index (κ2) is 6.80. The van der Waals surface area contributed by atoms with E-state index < -0.39 is 0 Å². The molecule has 0 amide bonds. The van der Waals surface area contributed by atoms with Gasteiger partial charge in [0.15, 0.2) is 17.2 Å². The fourth-order valence-corrected chi connectivity index (χ4v) is 3.23. The maximum absolute atomic E-state index is 6.04. The van der Waals surface area contributed by atoms with Crippen molar-refractivity contribution in [3.05, 3.63) is 95.1 Å². The Bertz CT molecular complexity index is 1360. The molecule has 0 aliphatic heterocycles. The normalized spacial score (nSPS) is 10.8. The van der Waals surface area contributed by atoms with Crippen LogP contribution in [0.4, 0.5) is 0 Å². The number of aromatic nitrogens is 4. The van der Waals surface area contributed by atoms with Crippen LogP contribution in [0.3, 0.4) is 0 Å². The van der Waals surface area contributed by atoms with Crippen molar-refractivity contribution in [3.63, 3.8) is 0 Å². The van der Waals surface area contributed by atoms with Gasteiger partial charge >= 0.3 is 0 Å². The first-order chi connectivity index (χ1) is 13.8. The minimum absolute atomic E-state index is 0.593. The van der Waals surface area contributed by atoms with Crippen molar-refractivity contribution >= 4 is 28.3 Å². The Labute approximate surface area is 166 Å². The van der Waals surface area contributed by atoms with Gasteiger partial charge in [0.25, 0.3) is 0 Å². The summed E-state index contributed by atoms with van der Waals surface area (Å²) in [7, 11) is 0. The molecule has 0 unspecified atom stereocenters. The lowest BCUT2D eigenvalue weighted by atomic mass is 10.2. The fraction of sp³-hybridized carbons (Fsp3) is 0. The third-order valence-corrected chi connectivity index (χ3v) is 4.68. The van der Waals surface area contributed by atoms with Gasteiger partial charge in [-0.25, -0.2) is 4.98 Å². The fourth-order valence-electron chi connectivity index (χ4n) is 3.11. The van der Waals surface area contributed by atoms with Gasteiger partial charge in [0.1, 0.15) is 0 Å². The number of hydrogen-bond donors (Lipinski definition) is 0. The first-order valence-electron chi connectivity index (χ1n) is 8.76. The Balaban J connectivity index is 1.78. The Morgan fingerprint density at radius 1 is 0.750 bits per heavy atom. The summed E-state index contributed by atoms with van der Waals surface area (Å²) in [6, 6.07) is 25.3. The molecule has 5 heteroatoms. The van der Waals surface area contributed by atoms with Crippen molar-refractivity contribution in [3.8, 4) is 23.2 Å². The summed E-state index contributed by atoms with van der Waals surface area (Å²) >= 11 is 6.04. The first kappa shape index (κ1) is 16.5. The van der Waals surface area contributed by atoms with E-state index in [1.165, 1.54) is 0 Å². The van der Waals surface area contributed by atoms with E-state index in [9.17, 15) is 0 Å². The van der Waals surface area contributed by atoms with E-state index in [1.807, 2.05) is 83.3 Å². The molecule has 0 aliphatic carbocycles. The molecule has 0 aliphatic rings. The number of halogens is 1. The summed E-state index contributed by atoms with van der Waals surface area (Å²) in [4.78, 5) is 4.72. The summed E-state index contributed by atoms with van der Waals surface area (Å²) < 4.78 is 2.00. The molecule has 4 nitrogen and oxygen atoms in total. The maximum atomic E-state index is 6.04. The molecule has 5 aromatic rings. The van der Waals surface area contributed by atoms with E-state index in [4.69, 9.17) is 16.6 Å². The van der Waals surface area contributed by atoms with Crippen molar-refractivity contribution in [1.29, 1.82) is 0 Å². The highest BCUT2D eigenvalue weighted by atomic mass is 35.5. The lowest BCUT2D eigenvalue weighted by molar-refractivity contribution is 1.11. The van der Waals surface area contributed by atoms with E-state index in [2.05, 4.69) is 22.0 Å². The topological polar surface area (TPSA) is 43.1 Å². The second-order valence-electron chi connectivity index (χ2n) is 6.25. The third-order valence-electron chi connectivity index (χ3n) is 4.43. The molecule has 3 aromatic carbocycles. The summed E-state index contributed by atoms with van der Waals surface area (Å²) in [5.74, 6) is 7.06. The Morgan fingerprint density at radius 2 is 1.50 bits per heavy atom. The average molecular weight is 381 g/mol. The number of hydrogen-bond acceptors (Lipinski definition) is 3. The molecule has 2 heterocycles. The highest BCUT2D eigenvalue weighted by Crippen LogP contribution is 2.25. The molecule has 5 rings (SSSR count). The maximum Gasteiger partial charge on any atom is 0.196 e. The van der Waals surface area contributed by atoms with E-state index in [0.717, 1.165) is 28.0 Å². The van der Waals surface area contributed by atoms with Crippen LogP contribution in [-0.2, 0) is 0 Å². The molecule has 0 saturated carbocycles. The van der Waals surface area contributed by atoms with Gasteiger partial charge in [0.05, 0.1) is 11.0 Å². The predicted octanol–water partition coefficient (Wildman–Crippen LogP) is 5.00. The molecule has 0 saturated heterocycles. The van der Waals surface area contributed by atoms with Crippen LogP contribution >= 0.6 is 11.6 Å². The zero-order valence-corrected chi connectivity index (χ0v) is 15.4. The summed E-state index contributed by atoms with van der Waals surface area (Å²) in [6.07, 6.45) is 0. The molecule has 0 N–H and O–H groups in total. The lowest BCUT2D eigenvalue weighted by Gasteiger charge is -2.06. The molecule has 0 bridgehead atoms. The molecule has 0 radical (unpaired) electrons. The molecule has 132 valence electrons. The molecule has 0 fully saturated rings. The molecular weight excluding hydrogens is 368 g/mol. The molecular formula is C23H13ClN4. The summed E-state index contributed by atoms with van der Waals surface area (Å²) in [6.45, 7) is 0. The molecule has 2 aromatic heterocycles. The average Bonchev–Trinajstić information content (AvgIpc) is 3.19. The second-order valence-corrected chi connectivity index (χ2v) is 6.69. The highest BCUT2D eigenvalue weighted by molar-refractivity contribution is 6.30. The van der Waals surface area contributed by atoms with Crippen molar-refractivity contribution in [2.24, 2.45) is 0 Å². The van der Waals surface area contributed by atoms with Crippen LogP contribution in [0.15, 0.2) is 78.9 Å². The van der Waals surface area contributed by atoms with Crippen molar-refractivity contribution in [2.45, 2.75) is 0 Å². The number of nitrogens with zero attached hydrogens (tertiary/aromatic N) is 4. The first-order valence-corrected chi connectivity index (χ1v) is 9.14. The Morgan fingerprint density at radius 3 is 2.32 bits per heavy atom. The van der Waals surface area contributed by atoms with Crippen LogP contribution in [0.2, 0.25) is 5.02 Å². The number of fused-ring (bicyclic) bond motifs is 3. The molecule has 0 spiro atoms. The van der Waals surface area contributed by atoms with Crippen molar-refractivity contribution < 1.29 is 0 Å². The van der Waals surface area contributed by atoms with Crippen LogP contribution in [0.1, 0.15) is 11.3 Å². The Hall–Kier alpha value is -3.68. The summed E-state index contributed by atoms with van der Waals surface area (Å²) in [5.41, 5.74) is 4.84. The van der Waals surface area contributed by atoms with Crippen molar-refractivity contribution in [1.82, 2.24) is 19.6 Å². The summed E-state index contributed by atoms with van der Waals surface area (Å²) in [5, 5.41) is 9.50. The third kappa shape index (κ3) is 2.88. The van der Waals surface area contributed by atoms with Gasteiger partial charge < -0.3 is 0 Å². The predicted molar refractivity (Wildman–Crippen MR) is 111 cm³/mol. The zero-order chi connectivity index (χ0) is 18.9. The van der Waals surface area contributed by atoms with Crippen LogP contribution in [-0.4, -0.2) is 19.6 Å².